The molecule has 0 aromatic heterocycles. The number of unbranched alkanes of at least 4 members (excludes halogenated alkanes) is 3. The molecule has 0 saturated carbocycles. The quantitative estimate of drug-likeness (QED) is 0.0956. The maximum atomic E-state index is 12.6. The van der Waals surface area contributed by atoms with Crippen molar-refractivity contribution in [3.8, 4) is 0 Å². The minimum absolute atomic E-state index is 0.232. The third-order valence-corrected chi connectivity index (χ3v) is 6.34. The first-order valence-corrected chi connectivity index (χ1v) is 12.6. The van der Waals surface area contributed by atoms with Gasteiger partial charge in [-0.15, -0.1) is 0 Å². The predicted octanol–water partition coefficient (Wildman–Crippen LogP) is 6.83. The summed E-state index contributed by atoms with van der Waals surface area (Å²) in [6.07, 6.45) is 4.96. The number of rotatable bonds is 9. The van der Waals surface area contributed by atoms with Crippen molar-refractivity contribution in [2.45, 2.75) is 49.0 Å². The first-order valence-electron chi connectivity index (χ1n) is 9.99. The number of amides is 1. The Morgan fingerprint density at radius 1 is 1.03 bits per heavy atom. The first kappa shape index (κ1) is 26.5. The van der Waals surface area contributed by atoms with E-state index in [1.54, 1.807) is 12.1 Å². The average molecular weight is 613 g/mol. The number of carbonyl (C=O) groups is 1. The second-order valence-corrected chi connectivity index (χ2v) is 11.0. The summed E-state index contributed by atoms with van der Waals surface area (Å²) in [4.78, 5) is 12.6. The van der Waals surface area contributed by atoms with Crippen LogP contribution in [0, 0.1) is 3.57 Å². The Kier molecular flexibility index (Phi) is 11.1. The molecular weight excluding hydrogens is 588 g/mol. The summed E-state index contributed by atoms with van der Waals surface area (Å²) in [5.74, 6) is -0.371. The van der Waals surface area contributed by atoms with Crippen molar-refractivity contribution >= 4 is 86.3 Å². The Labute approximate surface area is 217 Å². The van der Waals surface area contributed by atoms with Gasteiger partial charge >= 0.3 is 0 Å². The monoisotopic (exact) mass is 611 g/mol. The molecule has 0 radical (unpaired) electrons. The van der Waals surface area contributed by atoms with Gasteiger partial charge in [-0.3, -0.25) is 4.79 Å². The Bertz CT molecular complexity index is 875. The van der Waals surface area contributed by atoms with E-state index in [1.165, 1.54) is 31.2 Å². The van der Waals surface area contributed by atoms with Crippen LogP contribution in [-0.2, 0) is 6.42 Å². The summed E-state index contributed by atoms with van der Waals surface area (Å²) in [6, 6.07) is 15.2. The average Bonchev–Trinajstić information content (AvgIpc) is 2.71. The lowest BCUT2D eigenvalue weighted by molar-refractivity contribution is 0.0933. The van der Waals surface area contributed by atoms with E-state index in [1.807, 2.05) is 24.3 Å². The van der Waals surface area contributed by atoms with Crippen molar-refractivity contribution in [1.29, 1.82) is 0 Å². The van der Waals surface area contributed by atoms with Crippen molar-refractivity contribution in [1.82, 2.24) is 10.6 Å². The van der Waals surface area contributed by atoms with E-state index in [9.17, 15) is 4.79 Å². The van der Waals surface area contributed by atoms with Crippen molar-refractivity contribution in [3.63, 3.8) is 0 Å². The molecule has 0 bridgehead atoms. The van der Waals surface area contributed by atoms with Gasteiger partial charge < -0.3 is 16.0 Å². The van der Waals surface area contributed by atoms with Crippen LogP contribution in [0.2, 0.25) is 0 Å². The molecule has 168 valence electrons. The minimum atomic E-state index is -1.82. The van der Waals surface area contributed by atoms with Crippen molar-refractivity contribution in [2.75, 3.05) is 5.32 Å². The molecule has 0 aliphatic rings. The fourth-order valence-electron chi connectivity index (χ4n) is 2.86. The van der Waals surface area contributed by atoms with Crippen LogP contribution >= 0.6 is 69.6 Å². The van der Waals surface area contributed by atoms with Gasteiger partial charge in [-0.2, -0.15) is 0 Å². The Morgan fingerprint density at radius 2 is 1.71 bits per heavy atom. The van der Waals surface area contributed by atoms with E-state index in [-0.39, 0.29) is 11.0 Å². The minimum Gasteiger partial charge on any atom is -0.339 e. The van der Waals surface area contributed by atoms with Gasteiger partial charge in [-0.25, -0.2) is 0 Å². The number of aryl methyl sites for hydroxylation is 1. The maximum absolute atomic E-state index is 12.6. The molecule has 2 aromatic rings. The summed E-state index contributed by atoms with van der Waals surface area (Å²) >= 11 is 25.7. The fourth-order valence-corrected chi connectivity index (χ4v) is 4.06. The zero-order valence-corrected chi connectivity index (χ0v) is 22.3. The number of hydrogen-bond acceptors (Lipinski definition) is 2. The highest BCUT2D eigenvalue weighted by Crippen LogP contribution is 2.29. The van der Waals surface area contributed by atoms with E-state index < -0.39 is 9.96 Å². The maximum Gasteiger partial charge on any atom is 0.254 e. The van der Waals surface area contributed by atoms with E-state index >= 15 is 0 Å². The highest BCUT2D eigenvalue weighted by Gasteiger charge is 2.35. The number of halogens is 4. The van der Waals surface area contributed by atoms with Gasteiger partial charge in [-0.05, 0) is 77.5 Å². The molecule has 9 heteroatoms. The Hall–Kier alpha value is -0.800. The van der Waals surface area contributed by atoms with E-state index in [4.69, 9.17) is 47.0 Å². The lowest BCUT2D eigenvalue weighted by Crippen LogP contribution is -2.56. The lowest BCUT2D eigenvalue weighted by Gasteiger charge is -2.28. The number of benzene rings is 2. The molecule has 0 aliphatic carbocycles. The molecule has 3 N–H and O–H groups in total. The highest BCUT2D eigenvalue weighted by atomic mass is 127. The van der Waals surface area contributed by atoms with Crippen molar-refractivity contribution in [3.05, 3.63) is 63.2 Å². The summed E-state index contributed by atoms with van der Waals surface area (Å²) in [7, 11) is 0. The molecule has 0 aliphatic heterocycles. The van der Waals surface area contributed by atoms with Crippen LogP contribution in [0.5, 0.6) is 0 Å². The molecule has 4 nitrogen and oxygen atoms in total. The SMILES string of the molecule is CCCCCCc1ccc(NC(=S)N[C@H](NC(=O)c2ccccc2I)C(Cl)(Cl)Cl)cc1. The zero-order chi connectivity index (χ0) is 22.9. The third-order valence-electron chi connectivity index (χ3n) is 4.53. The molecule has 1 atom stereocenters. The summed E-state index contributed by atoms with van der Waals surface area (Å²) < 4.78 is -1.03. The van der Waals surface area contributed by atoms with Crippen LogP contribution in [0.3, 0.4) is 0 Å². The number of nitrogens with one attached hydrogen (secondary N) is 3. The summed E-state index contributed by atoms with van der Waals surface area (Å²) in [6.45, 7) is 2.21. The smallest absolute Gasteiger partial charge is 0.254 e. The van der Waals surface area contributed by atoms with Crippen molar-refractivity contribution in [2.24, 2.45) is 0 Å². The number of carbonyl (C=O) groups excluding carboxylic acids is 1. The van der Waals surface area contributed by atoms with Crippen LogP contribution in [0.1, 0.15) is 48.5 Å². The summed E-state index contributed by atoms with van der Waals surface area (Å²) in [5.41, 5.74) is 2.57. The van der Waals surface area contributed by atoms with Crippen LogP contribution in [0.15, 0.2) is 48.5 Å². The predicted molar refractivity (Wildman–Crippen MR) is 144 cm³/mol. The number of anilines is 1. The van der Waals surface area contributed by atoms with Crippen LogP contribution in [-0.4, -0.2) is 21.0 Å². The van der Waals surface area contributed by atoms with Gasteiger partial charge in [0.2, 0.25) is 3.79 Å². The molecule has 2 rings (SSSR count). The molecule has 0 heterocycles. The molecule has 0 saturated heterocycles. The van der Waals surface area contributed by atoms with Crippen molar-refractivity contribution < 1.29 is 4.79 Å². The topological polar surface area (TPSA) is 53.2 Å². The normalized spacial score (nSPS) is 12.2. The molecule has 1 amide bonds. The highest BCUT2D eigenvalue weighted by molar-refractivity contribution is 14.1. The Morgan fingerprint density at radius 3 is 2.32 bits per heavy atom. The zero-order valence-electron chi connectivity index (χ0n) is 17.1. The molecule has 31 heavy (non-hydrogen) atoms. The second kappa shape index (κ2) is 13.0. The number of thiocarbonyl (C=S) groups is 1. The number of hydrogen-bond donors (Lipinski definition) is 3. The molecule has 0 spiro atoms. The van der Waals surface area contributed by atoms with E-state index in [0.29, 0.717) is 5.56 Å². The fraction of sp³-hybridized carbons (Fsp3) is 0.364. The first-order chi connectivity index (χ1) is 14.7. The Balaban J connectivity index is 1.95. The summed E-state index contributed by atoms with van der Waals surface area (Å²) in [5, 5.41) is 8.87. The van der Waals surface area contributed by atoms with Gasteiger partial charge in [0.1, 0.15) is 6.17 Å². The van der Waals surface area contributed by atoms with Crippen LogP contribution in [0.25, 0.3) is 0 Å². The molecule has 0 unspecified atom stereocenters. The van der Waals surface area contributed by atoms with Crippen LogP contribution < -0.4 is 16.0 Å². The van der Waals surface area contributed by atoms with Gasteiger partial charge in [-0.1, -0.05) is 85.3 Å². The third kappa shape index (κ3) is 9.30. The number of alkyl halides is 3. The van der Waals surface area contributed by atoms with Gasteiger partial charge in [0.05, 0.1) is 5.56 Å². The van der Waals surface area contributed by atoms with Crippen LogP contribution in [0.4, 0.5) is 5.69 Å². The van der Waals surface area contributed by atoms with Gasteiger partial charge in [0.25, 0.3) is 5.91 Å². The van der Waals surface area contributed by atoms with E-state index in [0.717, 1.165) is 15.7 Å². The van der Waals surface area contributed by atoms with Gasteiger partial charge in [0.15, 0.2) is 5.11 Å². The molecule has 2 aromatic carbocycles. The van der Waals surface area contributed by atoms with Gasteiger partial charge in [0, 0.05) is 9.26 Å². The second-order valence-electron chi connectivity index (χ2n) is 7.03. The molecule has 0 fully saturated rings. The van der Waals surface area contributed by atoms with E-state index in [2.05, 4.69) is 57.6 Å². The standard InChI is InChI=1S/C22H25Cl3IN3OS/c1-2-3-4-5-8-15-11-13-16(14-12-15)27-21(31)29-20(22(23,24)25)28-19(30)17-9-6-7-10-18(17)26/h6-7,9-14,20H,2-5,8H2,1H3,(H,28,30)(H2,27,29,31)/t20-/m0/s1. The molecular formula is C22H25Cl3IN3OS. The lowest BCUT2D eigenvalue weighted by atomic mass is 10.1. The largest absolute Gasteiger partial charge is 0.339 e.